The summed E-state index contributed by atoms with van der Waals surface area (Å²) in [4.78, 5) is 53.1. The standard InChI is InChI=1S/C16H25N3O5/c1-3-12(16(23)24-2)13(20)18-8-10-19(11-9-18)15(22)14(21)17-6-4-5-7-17/h12H,3-11H2,1-2H3/t12-/m0/s1. The molecule has 2 aliphatic heterocycles. The van der Waals surface area contributed by atoms with Crippen molar-refractivity contribution in [3.63, 3.8) is 0 Å². The Morgan fingerprint density at radius 3 is 1.75 bits per heavy atom. The number of carbonyl (C=O) groups excluding carboxylic acids is 4. The van der Waals surface area contributed by atoms with Gasteiger partial charge in [-0.3, -0.25) is 19.2 Å². The van der Waals surface area contributed by atoms with Gasteiger partial charge in [-0.1, -0.05) is 6.92 Å². The molecule has 1 atom stereocenters. The van der Waals surface area contributed by atoms with Crippen molar-refractivity contribution in [2.45, 2.75) is 26.2 Å². The van der Waals surface area contributed by atoms with Gasteiger partial charge in [0.1, 0.15) is 5.92 Å². The topological polar surface area (TPSA) is 87.2 Å². The number of likely N-dealkylation sites (tertiary alicyclic amines) is 1. The first kappa shape index (κ1) is 18.2. The van der Waals surface area contributed by atoms with Gasteiger partial charge >= 0.3 is 17.8 Å². The van der Waals surface area contributed by atoms with Crippen molar-refractivity contribution >= 4 is 23.7 Å². The number of hydrogen-bond acceptors (Lipinski definition) is 5. The van der Waals surface area contributed by atoms with Crippen LogP contribution in [0.4, 0.5) is 0 Å². The van der Waals surface area contributed by atoms with Crippen molar-refractivity contribution in [2.75, 3.05) is 46.4 Å². The van der Waals surface area contributed by atoms with Crippen molar-refractivity contribution in [1.29, 1.82) is 0 Å². The molecule has 2 saturated heterocycles. The second kappa shape index (κ2) is 8.12. The highest BCUT2D eigenvalue weighted by Crippen LogP contribution is 2.14. The van der Waals surface area contributed by atoms with Gasteiger partial charge in [-0.25, -0.2) is 0 Å². The maximum absolute atomic E-state index is 12.4. The van der Waals surface area contributed by atoms with Crippen LogP contribution in [0.2, 0.25) is 0 Å². The van der Waals surface area contributed by atoms with Gasteiger partial charge in [0.2, 0.25) is 5.91 Å². The number of rotatable bonds is 3. The van der Waals surface area contributed by atoms with E-state index in [4.69, 9.17) is 0 Å². The lowest BCUT2D eigenvalue weighted by Crippen LogP contribution is -2.55. The van der Waals surface area contributed by atoms with Gasteiger partial charge in [0, 0.05) is 39.3 Å². The minimum absolute atomic E-state index is 0.276. The van der Waals surface area contributed by atoms with Gasteiger partial charge in [0.25, 0.3) is 0 Å². The zero-order valence-electron chi connectivity index (χ0n) is 14.3. The lowest BCUT2D eigenvalue weighted by Gasteiger charge is -2.36. The fraction of sp³-hybridized carbons (Fsp3) is 0.750. The number of piperazine rings is 1. The van der Waals surface area contributed by atoms with Crippen LogP contribution in [0.1, 0.15) is 26.2 Å². The molecule has 0 aromatic carbocycles. The fourth-order valence-corrected chi connectivity index (χ4v) is 3.13. The molecule has 0 aliphatic carbocycles. The number of carbonyl (C=O) groups is 4. The highest BCUT2D eigenvalue weighted by molar-refractivity contribution is 6.35. The van der Waals surface area contributed by atoms with Crippen molar-refractivity contribution < 1.29 is 23.9 Å². The Morgan fingerprint density at radius 1 is 0.833 bits per heavy atom. The zero-order chi connectivity index (χ0) is 17.7. The van der Waals surface area contributed by atoms with Gasteiger partial charge in [-0.05, 0) is 19.3 Å². The molecule has 0 aromatic rings. The van der Waals surface area contributed by atoms with E-state index in [2.05, 4.69) is 4.74 Å². The van der Waals surface area contributed by atoms with Crippen molar-refractivity contribution in [2.24, 2.45) is 5.92 Å². The van der Waals surface area contributed by atoms with Crippen LogP contribution in [-0.2, 0) is 23.9 Å². The number of esters is 1. The molecule has 0 bridgehead atoms. The van der Waals surface area contributed by atoms with Gasteiger partial charge in [-0.2, -0.15) is 0 Å². The third-order valence-corrected chi connectivity index (χ3v) is 4.65. The molecule has 2 fully saturated rings. The highest BCUT2D eigenvalue weighted by atomic mass is 16.5. The van der Waals surface area contributed by atoms with E-state index in [1.54, 1.807) is 16.7 Å². The SMILES string of the molecule is CC[C@H](C(=O)OC)C(=O)N1CCN(C(=O)C(=O)N2CCCC2)CC1. The molecule has 3 amide bonds. The van der Waals surface area contributed by atoms with Crippen LogP contribution in [0.25, 0.3) is 0 Å². The van der Waals surface area contributed by atoms with E-state index in [0.717, 1.165) is 12.8 Å². The van der Waals surface area contributed by atoms with Crippen molar-refractivity contribution in [1.82, 2.24) is 14.7 Å². The Bertz CT molecular complexity index is 508. The lowest BCUT2D eigenvalue weighted by molar-refractivity contribution is -0.157. The fourth-order valence-electron chi connectivity index (χ4n) is 3.13. The van der Waals surface area contributed by atoms with E-state index in [-0.39, 0.29) is 5.91 Å². The largest absolute Gasteiger partial charge is 0.468 e. The summed E-state index contributed by atoms with van der Waals surface area (Å²) in [5.74, 6) is -2.56. The molecule has 0 saturated carbocycles. The third-order valence-electron chi connectivity index (χ3n) is 4.65. The first-order chi connectivity index (χ1) is 11.5. The minimum atomic E-state index is -0.802. The Labute approximate surface area is 141 Å². The second-order valence-corrected chi connectivity index (χ2v) is 6.10. The average molecular weight is 339 g/mol. The van der Waals surface area contributed by atoms with Crippen LogP contribution in [0.5, 0.6) is 0 Å². The predicted octanol–water partition coefficient (Wildman–Crippen LogP) is -0.521. The molecule has 24 heavy (non-hydrogen) atoms. The minimum Gasteiger partial charge on any atom is -0.468 e. The second-order valence-electron chi connectivity index (χ2n) is 6.10. The predicted molar refractivity (Wildman–Crippen MR) is 84.8 cm³/mol. The van der Waals surface area contributed by atoms with E-state index < -0.39 is 23.7 Å². The molecule has 0 aromatic heterocycles. The summed E-state index contributed by atoms with van der Waals surface area (Å²) in [6.07, 6.45) is 2.25. The van der Waals surface area contributed by atoms with Crippen LogP contribution < -0.4 is 0 Å². The zero-order valence-corrected chi connectivity index (χ0v) is 14.3. The van der Waals surface area contributed by atoms with E-state index in [9.17, 15) is 19.2 Å². The van der Waals surface area contributed by atoms with E-state index in [1.807, 2.05) is 0 Å². The van der Waals surface area contributed by atoms with E-state index >= 15 is 0 Å². The average Bonchev–Trinajstić information content (AvgIpc) is 3.15. The molecule has 134 valence electrons. The molecule has 0 unspecified atom stereocenters. The summed E-state index contributed by atoms with van der Waals surface area (Å²) < 4.78 is 4.66. The molecule has 0 N–H and O–H groups in total. The number of ether oxygens (including phenoxy) is 1. The maximum Gasteiger partial charge on any atom is 0.318 e. The molecule has 8 heteroatoms. The normalized spacial score (nSPS) is 19.2. The Balaban J connectivity index is 1.88. The molecule has 0 spiro atoms. The molecule has 8 nitrogen and oxygen atoms in total. The smallest absolute Gasteiger partial charge is 0.318 e. The molecule has 0 radical (unpaired) electrons. The number of methoxy groups -OCH3 is 1. The molecular formula is C16H25N3O5. The number of amides is 3. The van der Waals surface area contributed by atoms with Crippen LogP contribution in [0.3, 0.4) is 0 Å². The van der Waals surface area contributed by atoms with Crippen LogP contribution in [0, 0.1) is 5.92 Å². The number of nitrogens with zero attached hydrogens (tertiary/aromatic N) is 3. The summed E-state index contributed by atoms with van der Waals surface area (Å²) >= 11 is 0. The highest BCUT2D eigenvalue weighted by Gasteiger charge is 2.35. The van der Waals surface area contributed by atoms with Gasteiger partial charge in [0.05, 0.1) is 7.11 Å². The first-order valence-corrected chi connectivity index (χ1v) is 8.44. The molecular weight excluding hydrogens is 314 g/mol. The molecule has 2 aliphatic rings. The Kier molecular flexibility index (Phi) is 6.16. The van der Waals surface area contributed by atoms with E-state index in [0.29, 0.717) is 45.7 Å². The quantitative estimate of drug-likeness (QED) is 0.392. The summed E-state index contributed by atoms with van der Waals surface area (Å²) in [5.41, 5.74) is 0. The van der Waals surface area contributed by atoms with Crippen LogP contribution in [-0.4, -0.2) is 84.8 Å². The van der Waals surface area contributed by atoms with Gasteiger partial charge in [-0.15, -0.1) is 0 Å². The first-order valence-electron chi connectivity index (χ1n) is 8.44. The summed E-state index contributed by atoms with van der Waals surface area (Å²) in [6.45, 7) is 4.30. The summed E-state index contributed by atoms with van der Waals surface area (Å²) in [6, 6.07) is 0. The van der Waals surface area contributed by atoms with Crippen molar-refractivity contribution in [3.8, 4) is 0 Å². The summed E-state index contributed by atoms with van der Waals surface area (Å²) in [5, 5.41) is 0. The third kappa shape index (κ3) is 3.85. The van der Waals surface area contributed by atoms with E-state index in [1.165, 1.54) is 12.0 Å². The van der Waals surface area contributed by atoms with Gasteiger partial charge in [0.15, 0.2) is 0 Å². The number of hydrogen-bond donors (Lipinski definition) is 0. The van der Waals surface area contributed by atoms with Crippen molar-refractivity contribution in [3.05, 3.63) is 0 Å². The monoisotopic (exact) mass is 339 g/mol. The lowest BCUT2D eigenvalue weighted by atomic mass is 10.0. The van der Waals surface area contributed by atoms with Crippen LogP contribution in [0.15, 0.2) is 0 Å². The summed E-state index contributed by atoms with van der Waals surface area (Å²) in [7, 11) is 1.26. The van der Waals surface area contributed by atoms with Crippen LogP contribution >= 0.6 is 0 Å². The Morgan fingerprint density at radius 2 is 1.29 bits per heavy atom. The van der Waals surface area contributed by atoms with Gasteiger partial charge < -0.3 is 19.4 Å². The Hall–Kier alpha value is -2.12. The maximum atomic E-state index is 12.4. The molecule has 2 rings (SSSR count). The molecule has 2 heterocycles.